The molecular weight excluding hydrogens is 210 g/mol. The highest BCUT2D eigenvalue weighted by atomic mass is 16.1. The maximum absolute atomic E-state index is 11.2. The van der Waals surface area contributed by atoms with Crippen molar-refractivity contribution in [3.05, 3.63) is 0 Å². The molecule has 0 heterocycles. The van der Waals surface area contributed by atoms with Crippen LogP contribution >= 0.6 is 0 Å². The molecule has 1 amide bonds. The Hall–Kier alpha value is -0.530. The summed E-state index contributed by atoms with van der Waals surface area (Å²) in [5.41, 5.74) is 0. The van der Waals surface area contributed by atoms with E-state index >= 15 is 0 Å². The number of hydrogen-bond donors (Lipinski definition) is 1. The van der Waals surface area contributed by atoms with Crippen molar-refractivity contribution < 1.29 is 4.79 Å². The van der Waals surface area contributed by atoms with Crippen LogP contribution in [0.2, 0.25) is 0 Å². The molecule has 0 radical (unpaired) electrons. The Balaban J connectivity index is 3.01. The van der Waals surface area contributed by atoms with Gasteiger partial charge in [0.2, 0.25) is 5.91 Å². The van der Waals surface area contributed by atoms with E-state index in [-0.39, 0.29) is 5.91 Å². The average molecular weight is 241 g/mol. The number of amides is 1. The van der Waals surface area contributed by atoms with E-state index in [1.165, 1.54) is 51.4 Å². The van der Waals surface area contributed by atoms with E-state index in [0.717, 1.165) is 19.4 Å². The Morgan fingerprint density at radius 2 is 1.29 bits per heavy atom. The van der Waals surface area contributed by atoms with Crippen LogP contribution < -0.4 is 5.32 Å². The van der Waals surface area contributed by atoms with Crippen LogP contribution in [0.3, 0.4) is 0 Å². The van der Waals surface area contributed by atoms with Gasteiger partial charge in [-0.15, -0.1) is 0 Å². The van der Waals surface area contributed by atoms with Gasteiger partial charge in [0.05, 0.1) is 0 Å². The zero-order valence-corrected chi connectivity index (χ0v) is 11.9. The van der Waals surface area contributed by atoms with Crippen molar-refractivity contribution in [2.75, 3.05) is 6.54 Å². The fourth-order valence-corrected chi connectivity index (χ4v) is 1.98. The molecule has 0 aliphatic rings. The third-order valence-corrected chi connectivity index (χ3v) is 3.08. The van der Waals surface area contributed by atoms with Crippen molar-refractivity contribution in [2.24, 2.45) is 0 Å². The molecule has 0 aromatic rings. The van der Waals surface area contributed by atoms with Gasteiger partial charge in [-0.1, -0.05) is 65.2 Å². The van der Waals surface area contributed by atoms with Gasteiger partial charge in [-0.3, -0.25) is 4.79 Å². The van der Waals surface area contributed by atoms with Crippen LogP contribution in [0.15, 0.2) is 0 Å². The first-order chi connectivity index (χ1) is 8.31. The monoisotopic (exact) mass is 241 g/mol. The minimum absolute atomic E-state index is 0.215. The molecular formula is C15H31NO. The first-order valence-electron chi connectivity index (χ1n) is 7.58. The maximum Gasteiger partial charge on any atom is 0.219 e. The van der Waals surface area contributed by atoms with E-state index in [9.17, 15) is 4.79 Å². The van der Waals surface area contributed by atoms with Crippen molar-refractivity contribution >= 4 is 5.91 Å². The van der Waals surface area contributed by atoms with E-state index in [0.29, 0.717) is 6.42 Å². The summed E-state index contributed by atoms with van der Waals surface area (Å²) in [5.74, 6) is 0.215. The predicted octanol–water partition coefficient (Wildman–Crippen LogP) is 4.43. The minimum atomic E-state index is 0.215. The lowest BCUT2D eigenvalue weighted by Gasteiger charge is -2.04. The number of carbonyl (C=O) groups excluding carboxylic acids is 1. The molecule has 0 aromatic heterocycles. The van der Waals surface area contributed by atoms with E-state index < -0.39 is 0 Å². The third-order valence-electron chi connectivity index (χ3n) is 3.08. The number of carbonyl (C=O) groups is 1. The van der Waals surface area contributed by atoms with E-state index in [1.54, 1.807) is 0 Å². The first kappa shape index (κ1) is 16.5. The molecule has 0 spiro atoms. The highest BCUT2D eigenvalue weighted by Crippen LogP contribution is 2.09. The molecule has 0 bridgehead atoms. The summed E-state index contributed by atoms with van der Waals surface area (Å²) in [6, 6.07) is 0. The molecule has 0 saturated carbocycles. The molecule has 17 heavy (non-hydrogen) atoms. The molecule has 1 N–H and O–H groups in total. The van der Waals surface area contributed by atoms with Gasteiger partial charge in [-0.2, -0.15) is 0 Å². The van der Waals surface area contributed by atoms with E-state index in [2.05, 4.69) is 12.2 Å². The Bertz CT molecular complexity index is 168. The lowest BCUT2D eigenvalue weighted by molar-refractivity contribution is -0.121. The zero-order valence-electron chi connectivity index (χ0n) is 11.9. The predicted molar refractivity (Wildman–Crippen MR) is 75.1 cm³/mol. The van der Waals surface area contributed by atoms with Crippen LogP contribution in [0.4, 0.5) is 0 Å². The van der Waals surface area contributed by atoms with Gasteiger partial charge in [0.25, 0.3) is 0 Å². The Morgan fingerprint density at radius 1 is 0.765 bits per heavy atom. The molecule has 0 saturated heterocycles. The number of rotatable bonds is 12. The number of unbranched alkanes of at least 4 members (excludes halogenated alkanes) is 8. The van der Waals surface area contributed by atoms with Crippen molar-refractivity contribution in [1.82, 2.24) is 5.32 Å². The van der Waals surface area contributed by atoms with Crippen molar-refractivity contribution in [1.29, 1.82) is 0 Å². The largest absolute Gasteiger partial charge is 0.356 e. The molecule has 2 nitrogen and oxygen atoms in total. The van der Waals surface area contributed by atoms with Crippen LogP contribution in [0.25, 0.3) is 0 Å². The lowest BCUT2D eigenvalue weighted by Crippen LogP contribution is -2.23. The van der Waals surface area contributed by atoms with Crippen molar-refractivity contribution in [2.45, 2.75) is 84.5 Å². The molecule has 0 fully saturated rings. The SMILES string of the molecule is CCCCCCCCCCCNC(=O)CCC. The third kappa shape index (κ3) is 13.4. The second kappa shape index (κ2) is 13.5. The fourth-order valence-electron chi connectivity index (χ4n) is 1.98. The Labute approximate surface area is 108 Å². The van der Waals surface area contributed by atoms with Gasteiger partial charge in [-0.25, -0.2) is 0 Å². The second-order valence-corrected chi connectivity index (χ2v) is 4.93. The normalized spacial score (nSPS) is 10.5. The topological polar surface area (TPSA) is 29.1 Å². The summed E-state index contributed by atoms with van der Waals surface area (Å²) < 4.78 is 0. The Morgan fingerprint density at radius 3 is 1.82 bits per heavy atom. The van der Waals surface area contributed by atoms with E-state index in [1.807, 2.05) is 6.92 Å². The van der Waals surface area contributed by atoms with Crippen LogP contribution in [-0.2, 0) is 4.79 Å². The second-order valence-electron chi connectivity index (χ2n) is 4.93. The van der Waals surface area contributed by atoms with Crippen LogP contribution in [0.1, 0.15) is 84.5 Å². The molecule has 0 aliphatic carbocycles. The zero-order chi connectivity index (χ0) is 12.8. The van der Waals surface area contributed by atoms with Crippen LogP contribution in [0, 0.1) is 0 Å². The Kier molecular flexibility index (Phi) is 13.1. The first-order valence-corrected chi connectivity index (χ1v) is 7.58. The van der Waals surface area contributed by atoms with Gasteiger partial charge in [0.15, 0.2) is 0 Å². The smallest absolute Gasteiger partial charge is 0.219 e. The minimum Gasteiger partial charge on any atom is -0.356 e. The highest BCUT2D eigenvalue weighted by molar-refractivity contribution is 5.75. The van der Waals surface area contributed by atoms with Gasteiger partial charge >= 0.3 is 0 Å². The van der Waals surface area contributed by atoms with E-state index in [4.69, 9.17) is 0 Å². The summed E-state index contributed by atoms with van der Waals surface area (Å²) in [5, 5.41) is 2.96. The standard InChI is InChI=1S/C15H31NO/c1-3-5-6-7-8-9-10-11-12-14-16-15(17)13-4-2/h3-14H2,1-2H3,(H,16,17). The molecule has 0 unspecified atom stereocenters. The number of hydrogen-bond acceptors (Lipinski definition) is 1. The van der Waals surface area contributed by atoms with Gasteiger partial charge in [0.1, 0.15) is 0 Å². The molecule has 0 aromatic carbocycles. The van der Waals surface area contributed by atoms with Gasteiger partial charge in [-0.05, 0) is 12.8 Å². The maximum atomic E-state index is 11.2. The van der Waals surface area contributed by atoms with Gasteiger partial charge < -0.3 is 5.32 Å². The lowest BCUT2D eigenvalue weighted by atomic mass is 10.1. The fraction of sp³-hybridized carbons (Fsp3) is 0.933. The van der Waals surface area contributed by atoms with Crippen molar-refractivity contribution in [3.8, 4) is 0 Å². The summed E-state index contributed by atoms with van der Waals surface area (Å²) in [4.78, 5) is 11.2. The molecule has 0 aliphatic heterocycles. The highest BCUT2D eigenvalue weighted by Gasteiger charge is 1.97. The summed E-state index contributed by atoms with van der Waals surface area (Å²) in [6.45, 7) is 5.17. The molecule has 2 heteroatoms. The average Bonchev–Trinajstić information content (AvgIpc) is 2.32. The van der Waals surface area contributed by atoms with Crippen LogP contribution in [-0.4, -0.2) is 12.5 Å². The summed E-state index contributed by atoms with van der Waals surface area (Å²) in [7, 11) is 0. The van der Waals surface area contributed by atoms with Crippen molar-refractivity contribution in [3.63, 3.8) is 0 Å². The van der Waals surface area contributed by atoms with Gasteiger partial charge in [0, 0.05) is 13.0 Å². The van der Waals surface area contributed by atoms with Crippen LogP contribution in [0.5, 0.6) is 0 Å². The number of nitrogens with one attached hydrogen (secondary N) is 1. The quantitative estimate of drug-likeness (QED) is 0.503. The molecule has 0 atom stereocenters. The summed E-state index contributed by atoms with van der Waals surface area (Å²) >= 11 is 0. The molecule has 102 valence electrons. The summed E-state index contributed by atoms with van der Waals surface area (Å²) in [6.07, 6.45) is 13.7. The molecule has 0 rings (SSSR count).